The molecule has 0 amide bonds. The van der Waals surface area contributed by atoms with E-state index in [1.165, 1.54) is 29.5 Å². The molecule has 0 unspecified atom stereocenters. The minimum atomic E-state index is 0.576. The van der Waals surface area contributed by atoms with Gasteiger partial charge in [-0.1, -0.05) is 57.5 Å². The Balaban J connectivity index is 2.49. The van der Waals surface area contributed by atoms with Crippen molar-refractivity contribution in [3.63, 3.8) is 0 Å². The minimum Gasteiger partial charge on any atom is -0.314 e. The number of rotatable bonds is 7. The molecule has 18 heavy (non-hydrogen) atoms. The van der Waals surface area contributed by atoms with E-state index in [2.05, 4.69) is 63.4 Å². The van der Waals surface area contributed by atoms with Gasteiger partial charge in [0, 0.05) is 6.04 Å². The molecule has 0 saturated carbocycles. The highest BCUT2D eigenvalue weighted by Gasteiger charge is 1.97. The summed E-state index contributed by atoms with van der Waals surface area (Å²) in [6.45, 7) is 9.85. The van der Waals surface area contributed by atoms with Crippen LogP contribution in [-0.2, 0) is 6.42 Å². The Bertz CT molecular complexity index is 360. The minimum absolute atomic E-state index is 0.576. The SMILES string of the molecule is CCCc1ccc(C(C)=CCCNC(C)C)cc1. The van der Waals surface area contributed by atoms with Crippen LogP contribution in [0.4, 0.5) is 0 Å². The van der Waals surface area contributed by atoms with Gasteiger partial charge in [0.1, 0.15) is 0 Å². The summed E-state index contributed by atoms with van der Waals surface area (Å²) in [5.41, 5.74) is 4.17. The quantitative estimate of drug-likeness (QED) is 0.701. The van der Waals surface area contributed by atoms with Crippen LogP contribution in [0, 0.1) is 0 Å². The summed E-state index contributed by atoms with van der Waals surface area (Å²) in [5.74, 6) is 0. The van der Waals surface area contributed by atoms with E-state index in [4.69, 9.17) is 0 Å². The zero-order valence-electron chi connectivity index (χ0n) is 12.3. The van der Waals surface area contributed by atoms with E-state index >= 15 is 0 Å². The number of aryl methyl sites for hydroxylation is 1. The van der Waals surface area contributed by atoms with Crippen LogP contribution in [0.15, 0.2) is 30.3 Å². The summed E-state index contributed by atoms with van der Waals surface area (Å²) < 4.78 is 0. The van der Waals surface area contributed by atoms with Crippen LogP contribution in [-0.4, -0.2) is 12.6 Å². The molecule has 0 heterocycles. The standard InChI is InChI=1S/C17H27N/c1-5-7-16-9-11-17(12-10-16)15(4)8-6-13-18-14(2)3/h8-12,14,18H,5-7,13H2,1-4H3. The summed E-state index contributed by atoms with van der Waals surface area (Å²) in [6.07, 6.45) is 5.82. The van der Waals surface area contributed by atoms with E-state index in [0.717, 1.165) is 13.0 Å². The molecule has 0 saturated heterocycles. The second-order valence-electron chi connectivity index (χ2n) is 5.23. The molecule has 0 atom stereocenters. The topological polar surface area (TPSA) is 12.0 Å². The van der Waals surface area contributed by atoms with Crippen molar-refractivity contribution < 1.29 is 0 Å². The highest BCUT2D eigenvalue weighted by Crippen LogP contribution is 2.15. The van der Waals surface area contributed by atoms with Gasteiger partial charge in [-0.25, -0.2) is 0 Å². The van der Waals surface area contributed by atoms with Gasteiger partial charge in [0.25, 0.3) is 0 Å². The van der Waals surface area contributed by atoms with E-state index in [1.54, 1.807) is 0 Å². The molecule has 0 spiro atoms. The fourth-order valence-corrected chi connectivity index (χ4v) is 2.00. The monoisotopic (exact) mass is 245 g/mol. The van der Waals surface area contributed by atoms with Gasteiger partial charge in [0.15, 0.2) is 0 Å². The first-order chi connectivity index (χ1) is 8.63. The smallest absolute Gasteiger partial charge is 0.00105 e. The maximum Gasteiger partial charge on any atom is 0.00105 e. The summed E-state index contributed by atoms with van der Waals surface area (Å²) in [4.78, 5) is 0. The first-order valence-electron chi connectivity index (χ1n) is 7.13. The maximum atomic E-state index is 3.43. The molecular formula is C17H27N. The van der Waals surface area contributed by atoms with Gasteiger partial charge in [-0.2, -0.15) is 0 Å². The average Bonchev–Trinajstić information content (AvgIpc) is 2.35. The Morgan fingerprint density at radius 1 is 1.22 bits per heavy atom. The molecule has 1 aromatic carbocycles. The molecule has 0 fully saturated rings. The van der Waals surface area contributed by atoms with Crippen molar-refractivity contribution in [3.05, 3.63) is 41.5 Å². The number of nitrogens with one attached hydrogen (secondary N) is 1. The second-order valence-corrected chi connectivity index (χ2v) is 5.23. The fourth-order valence-electron chi connectivity index (χ4n) is 2.00. The van der Waals surface area contributed by atoms with Crippen molar-refractivity contribution in [2.45, 2.75) is 53.0 Å². The number of hydrogen-bond donors (Lipinski definition) is 1. The van der Waals surface area contributed by atoms with Crippen molar-refractivity contribution in [2.24, 2.45) is 0 Å². The van der Waals surface area contributed by atoms with Crippen LogP contribution in [0.1, 0.15) is 51.7 Å². The van der Waals surface area contributed by atoms with Crippen molar-refractivity contribution >= 4 is 5.57 Å². The second kappa shape index (κ2) is 8.10. The molecule has 0 aliphatic heterocycles. The molecule has 100 valence electrons. The van der Waals surface area contributed by atoms with Gasteiger partial charge in [-0.15, -0.1) is 0 Å². The van der Waals surface area contributed by atoms with Crippen LogP contribution < -0.4 is 5.32 Å². The summed E-state index contributed by atoms with van der Waals surface area (Å²) in [6, 6.07) is 9.57. The molecule has 1 rings (SSSR count). The van der Waals surface area contributed by atoms with E-state index < -0.39 is 0 Å². The van der Waals surface area contributed by atoms with Gasteiger partial charge in [-0.05, 0) is 43.0 Å². The summed E-state index contributed by atoms with van der Waals surface area (Å²) in [5, 5.41) is 3.43. The largest absolute Gasteiger partial charge is 0.314 e. The highest BCUT2D eigenvalue weighted by atomic mass is 14.9. The zero-order chi connectivity index (χ0) is 13.4. The van der Waals surface area contributed by atoms with Crippen LogP contribution >= 0.6 is 0 Å². The van der Waals surface area contributed by atoms with Crippen molar-refractivity contribution in [1.82, 2.24) is 5.32 Å². The zero-order valence-corrected chi connectivity index (χ0v) is 12.3. The molecular weight excluding hydrogens is 218 g/mol. The Labute approximate surface area is 112 Å². The van der Waals surface area contributed by atoms with Crippen LogP contribution in [0.2, 0.25) is 0 Å². The fraction of sp³-hybridized carbons (Fsp3) is 0.529. The third-order valence-electron chi connectivity index (χ3n) is 3.10. The van der Waals surface area contributed by atoms with E-state index in [9.17, 15) is 0 Å². The molecule has 0 bridgehead atoms. The molecule has 0 aliphatic carbocycles. The highest BCUT2D eigenvalue weighted by molar-refractivity contribution is 5.63. The van der Waals surface area contributed by atoms with Gasteiger partial charge < -0.3 is 5.32 Å². The lowest BCUT2D eigenvalue weighted by Gasteiger charge is -2.07. The third kappa shape index (κ3) is 5.50. The lowest BCUT2D eigenvalue weighted by atomic mass is 10.0. The molecule has 1 nitrogen and oxygen atoms in total. The Hall–Kier alpha value is -1.08. The van der Waals surface area contributed by atoms with E-state index in [-0.39, 0.29) is 0 Å². The molecule has 1 N–H and O–H groups in total. The van der Waals surface area contributed by atoms with Crippen molar-refractivity contribution in [1.29, 1.82) is 0 Å². The number of allylic oxidation sites excluding steroid dienone is 1. The predicted molar refractivity (Wildman–Crippen MR) is 81.8 cm³/mol. The summed E-state index contributed by atoms with van der Waals surface area (Å²) >= 11 is 0. The van der Waals surface area contributed by atoms with Crippen LogP contribution in [0.5, 0.6) is 0 Å². The summed E-state index contributed by atoms with van der Waals surface area (Å²) in [7, 11) is 0. The lowest BCUT2D eigenvalue weighted by molar-refractivity contribution is 0.595. The first-order valence-corrected chi connectivity index (χ1v) is 7.13. The van der Waals surface area contributed by atoms with Crippen molar-refractivity contribution in [3.8, 4) is 0 Å². The normalized spacial score (nSPS) is 12.2. The Kier molecular flexibility index (Phi) is 6.74. The van der Waals surface area contributed by atoms with Gasteiger partial charge >= 0.3 is 0 Å². The molecule has 0 aliphatic rings. The van der Waals surface area contributed by atoms with Gasteiger partial charge in [0.2, 0.25) is 0 Å². The Morgan fingerprint density at radius 3 is 2.44 bits per heavy atom. The first kappa shape index (κ1) is 15.0. The average molecular weight is 245 g/mol. The van der Waals surface area contributed by atoms with Crippen LogP contribution in [0.25, 0.3) is 5.57 Å². The maximum absolute atomic E-state index is 3.43. The number of benzene rings is 1. The van der Waals surface area contributed by atoms with E-state index in [1.807, 2.05) is 0 Å². The lowest BCUT2D eigenvalue weighted by Crippen LogP contribution is -2.23. The van der Waals surface area contributed by atoms with Crippen molar-refractivity contribution in [2.75, 3.05) is 6.54 Å². The molecule has 1 heteroatoms. The van der Waals surface area contributed by atoms with Gasteiger partial charge in [-0.3, -0.25) is 0 Å². The molecule has 1 aromatic rings. The number of hydrogen-bond acceptors (Lipinski definition) is 1. The third-order valence-corrected chi connectivity index (χ3v) is 3.10. The molecule has 0 radical (unpaired) electrons. The Morgan fingerprint density at radius 2 is 1.89 bits per heavy atom. The van der Waals surface area contributed by atoms with Crippen LogP contribution in [0.3, 0.4) is 0 Å². The molecule has 0 aromatic heterocycles. The predicted octanol–water partition coefficient (Wildman–Crippen LogP) is 4.43. The van der Waals surface area contributed by atoms with E-state index in [0.29, 0.717) is 6.04 Å². The van der Waals surface area contributed by atoms with Gasteiger partial charge in [0.05, 0.1) is 0 Å².